The molecule has 0 aliphatic carbocycles. The third-order valence-corrected chi connectivity index (χ3v) is 2.79. The van der Waals surface area contributed by atoms with Gasteiger partial charge in [-0.3, -0.25) is 4.79 Å². The zero-order valence-corrected chi connectivity index (χ0v) is 13.6. The van der Waals surface area contributed by atoms with Gasteiger partial charge in [0.05, 0.1) is 19.8 Å². The van der Waals surface area contributed by atoms with Gasteiger partial charge in [0.15, 0.2) is 0 Å². The number of ether oxygens (including phenoxy) is 3. The van der Waals surface area contributed by atoms with E-state index in [1.165, 1.54) is 20.1 Å². The fourth-order valence-corrected chi connectivity index (χ4v) is 1.67. The summed E-state index contributed by atoms with van der Waals surface area (Å²) >= 11 is 0. The highest BCUT2D eigenvalue weighted by Crippen LogP contribution is 2.15. The normalized spacial score (nSPS) is 12.0. The molecule has 0 amide bonds. The Morgan fingerprint density at radius 3 is 2.04 bits per heavy atom. The van der Waals surface area contributed by atoms with Crippen molar-refractivity contribution in [1.82, 2.24) is 0 Å². The average molecular weight is 330 g/mol. The van der Waals surface area contributed by atoms with Crippen LogP contribution in [0.2, 0.25) is 0 Å². The summed E-state index contributed by atoms with van der Waals surface area (Å²) in [4.78, 5) is 34.8. The first-order chi connectivity index (χ1) is 11.5. The number of allylic oxidation sites excluding steroid dienone is 2. The van der Waals surface area contributed by atoms with Crippen molar-refractivity contribution in [3.8, 4) is 0 Å². The Balaban J connectivity index is 3.21. The summed E-state index contributed by atoms with van der Waals surface area (Å²) in [5, 5.41) is 0. The number of hydrogen-bond donors (Lipinski definition) is 0. The van der Waals surface area contributed by atoms with Gasteiger partial charge >= 0.3 is 17.9 Å². The van der Waals surface area contributed by atoms with E-state index in [1.807, 2.05) is 30.3 Å². The predicted molar refractivity (Wildman–Crippen MR) is 87.4 cm³/mol. The van der Waals surface area contributed by atoms with Crippen LogP contribution in [0, 0.1) is 0 Å². The first kappa shape index (κ1) is 18.9. The van der Waals surface area contributed by atoms with Crippen molar-refractivity contribution < 1.29 is 28.6 Å². The lowest BCUT2D eigenvalue weighted by atomic mass is 10.1. The molecule has 1 aromatic carbocycles. The Morgan fingerprint density at radius 1 is 0.917 bits per heavy atom. The van der Waals surface area contributed by atoms with Crippen LogP contribution in [0.5, 0.6) is 0 Å². The highest BCUT2D eigenvalue weighted by Gasteiger charge is 2.22. The molecule has 0 aliphatic heterocycles. The van der Waals surface area contributed by atoms with Gasteiger partial charge in [0.2, 0.25) is 0 Å². The summed E-state index contributed by atoms with van der Waals surface area (Å²) in [6, 6.07) is 9.36. The molecule has 0 spiro atoms. The van der Waals surface area contributed by atoms with E-state index in [-0.39, 0.29) is 11.1 Å². The van der Waals surface area contributed by atoms with Crippen molar-refractivity contribution in [3.05, 3.63) is 65.5 Å². The third kappa shape index (κ3) is 5.92. The molecule has 0 atom stereocenters. The minimum Gasteiger partial charge on any atom is -0.465 e. The summed E-state index contributed by atoms with van der Waals surface area (Å²) < 4.78 is 14.0. The van der Waals surface area contributed by atoms with Gasteiger partial charge in [-0.15, -0.1) is 0 Å². The molecule has 0 aliphatic rings. The minimum absolute atomic E-state index is 0.0993. The van der Waals surface area contributed by atoms with Gasteiger partial charge in [-0.25, -0.2) is 9.59 Å². The number of hydrogen-bond acceptors (Lipinski definition) is 6. The van der Waals surface area contributed by atoms with Gasteiger partial charge < -0.3 is 14.2 Å². The largest absolute Gasteiger partial charge is 0.465 e. The second kappa shape index (κ2) is 9.78. The van der Waals surface area contributed by atoms with Crippen molar-refractivity contribution in [2.24, 2.45) is 0 Å². The molecule has 0 unspecified atom stereocenters. The molecular weight excluding hydrogens is 312 g/mol. The third-order valence-electron chi connectivity index (χ3n) is 2.79. The van der Waals surface area contributed by atoms with Gasteiger partial charge in [-0.1, -0.05) is 42.5 Å². The van der Waals surface area contributed by atoms with Gasteiger partial charge in [0.25, 0.3) is 0 Å². The van der Waals surface area contributed by atoms with Crippen molar-refractivity contribution in [1.29, 1.82) is 0 Å². The number of carbonyl (C=O) groups is 3. The van der Waals surface area contributed by atoms with E-state index in [4.69, 9.17) is 4.74 Å². The topological polar surface area (TPSA) is 78.9 Å². The van der Waals surface area contributed by atoms with E-state index in [2.05, 4.69) is 9.47 Å². The van der Waals surface area contributed by atoms with E-state index in [0.29, 0.717) is 0 Å². The van der Waals surface area contributed by atoms with Crippen molar-refractivity contribution in [2.75, 3.05) is 14.2 Å². The molecular formula is C18H18O6. The smallest absolute Gasteiger partial charge is 0.341 e. The molecule has 24 heavy (non-hydrogen) atoms. The van der Waals surface area contributed by atoms with Crippen molar-refractivity contribution in [2.45, 2.75) is 6.92 Å². The fourth-order valence-electron chi connectivity index (χ4n) is 1.67. The summed E-state index contributed by atoms with van der Waals surface area (Å²) in [5.41, 5.74) is 0.580. The molecule has 0 N–H and O–H groups in total. The molecule has 0 aromatic heterocycles. The molecule has 0 saturated heterocycles. The maximum atomic E-state index is 11.9. The summed E-state index contributed by atoms with van der Waals surface area (Å²) in [6.45, 7) is 1.17. The molecule has 0 saturated carbocycles. The monoisotopic (exact) mass is 330 g/mol. The Kier molecular flexibility index (Phi) is 7.70. The second-order valence-electron chi connectivity index (χ2n) is 4.47. The van der Waals surface area contributed by atoms with Crippen molar-refractivity contribution in [3.63, 3.8) is 0 Å². The number of benzene rings is 1. The van der Waals surface area contributed by atoms with Crippen LogP contribution in [0.25, 0.3) is 6.08 Å². The quantitative estimate of drug-likeness (QED) is 0.262. The van der Waals surface area contributed by atoms with E-state index in [1.54, 1.807) is 12.2 Å². The molecule has 126 valence electrons. The van der Waals surface area contributed by atoms with Gasteiger partial charge in [-0.05, 0) is 11.6 Å². The second-order valence-corrected chi connectivity index (χ2v) is 4.47. The van der Waals surface area contributed by atoms with Crippen LogP contribution in [0.4, 0.5) is 0 Å². The van der Waals surface area contributed by atoms with Crippen LogP contribution in [-0.2, 0) is 28.6 Å². The van der Waals surface area contributed by atoms with Crippen molar-refractivity contribution >= 4 is 24.0 Å². The Labute approximate surface area is 140 Å². The summed E-state index contributed by atoms with van der Waals surface area (Å²) in [7, 11) is 2.33. The maximum Gasteiger partial charge on any atom is 0.341 e. The molecule has 0 fully saturated rings. The first-order valence-electron chi connectivity index (χ1n) is 6.97. The molecule has 6 nitrogen and oxygen atoms in total. The van der Waals surface area contributed by atoms with E-state index < -0.39 is 17.9 Å². The van der Waals surface area contributed by atoms with Gasteiger partial charge in [0, 0.05) is 6.92 Å². The first-order valence-corrected chi connectivity index (χ1v) is 6.97. The molecule has 1 rings (SSSR count). The van der Waals surface area contributed by atoms with Crippen LogP contribution < -0.4 is 0 Å². The standard InChI is InChI=1S/C18H18O6/c1-13(19)24-12-16(18(21)23-3)15(17(20)22-2)11-7-10-14-8-5-4-6-9-14/h4-12H,1-3H3/b10-7+,15-11+,16-12+. The van der Waals surface area contributed by atoms with Gasteiger partial charge in [0.1, 0.15) is 11.8 Å². The Morgan fingerprint density at radius 2 is 1.50 bits per heavy atom. The Hall–Kier alpha value is -3.15. The molecule has 1 aromatic rings. The van der Waals surface area contributed by atoms with Crippen LogP contribution in [0.1, 0.15) is 12.5 Å². The molecule has 6 heteroatoms. The van der Waals surface area contributed by atoms with Crippen LogP contribution in [-0.4, -0.2) is 32.1 Å². The summed E-state index contributed by atoms with van der Waals surface area (Å²) in [6.07, 6.45) is 5.56. The fraction of sp³-hybridized carbons (Fsp3) is 0.167. The predicted octanol–water partition coefficient (Wildman–Crippen LogP) is 2.42. The van der Waals surface area contributed by atoms with Crippen LogP contribution in [0.3, 0.4) is 0 Å². The van der Waals surface area contributed by atoms with E-state index in [9.17, 15) is 14.4 Å². The molecule has 0 radical (unpaired) electrons. The number of methoxy groups -OCH3 is 2. The maximum absolute atomic E-state index is 11.9. The highest BCUT2D eigenvalue weighted by molar-refractivity contribution is 6.07. The SMILES string of the molecule is COC(=O)C(=C/C=C/c1ccccc1)/C(=C\OC(C)=O)C(=O)OC. The Bertz CT molecular complexity index is 683. The molecule has 0 bridgehead atoms. The number of rotatable bonds is 6. The summed E-state index contributed by atoms with van der Waals surface area (Å²) in [5.74, 6) is -2.24. The lowest BCUT2D eigenvalue weighted by Crippen LogP contribution is -2.15. The number of esters is 3. The zero-order valence-electron chi connectivity index (χ0n) is 13.6. The highest BCUT2D eigenvalue weighted by atomic mass is 16.5. The average Bonchev–Trinajstić information content (AvgIpc) is 2.59. The minimum atomic E-state index is -0.832. The van der Waals surface area contributed by atoms with E-state index >= 15 is 0 Å². The zero-order chi connectivity index (χ0) is 17.9. The number of carbonyl (C=O) groups excluding carboxylic acids is 3. The lowest BCUT2D eigenvalue weighted by molar-refractivity contribution is -0.140. The molecule has 0 heterocycles. The van der Waals surface area contributed by atoms with E-state index in [0.717, 1.165) is 18.9 Å². The van der Waals surface area contributed by atoms with Crippen LogP contribution >= 0.6 is 0 Å². The lowest BCUT2D eigenvalue weighted by Gasteiger charge is -2.08. The van der Waals surface area contributed by atoms with Crippen LogP contribution in [0.15, 0.2) is 59.9 Å². The van der Waals surface area contributed by atoms with Gasteiger partial charge in [-0.2, -0.15) is 0 Å².